The van der Waals surface area contributed by atoms with E-state index in [2.05, 4.69) is 10.6 Å². The second-order valence-electron chi connectivity index (χ2n) is 6.34. The molecule has 0 saturated carbocycles. The van der Waals surface area contributed by atoms with Crippen LogP contribution in [0.3, 0.4) is 0 Å². The summed E-state index contributed by atoms with van der Waals surface area (Å²) in [5, 5.41) is 6.15. The Kier molecular flexibility index (Phi) is 6.87. The van der Waals surface area contributed by atoms with Gasteiger partial charge in [0.05, 0.1) is 12.2 Å². The normalized spacial score (nSPS) is 10.3. The summed E-state index contributed by atoms with van der Waals surface area (Å²) in [6.45, 7) is 2.53. The Balaban J connectivity index is 1.73. The van der Waals surface area contributed by atoms with Gasteiger partial charge in [0.25, 0.3) is 11.8 Å². The van der Waals surface area contributed by atoms with Crippen molar-refractivity contribution in [1.29, 1.82) is 0 Å². The first kappa shape index (κ1) is 20.4. The fourth-order valence-corrected chi connectivity index (χ4v) is 2.89. The molecule has 0 aliphatic carbocycles. The number of carbonyl (C=O) groups is 2. The largest absolute Gasteiger partial charge is 0.493 e. The highest BCUT2D eigenvalue weighted by molar-refractivity contribution is 6.31. The van der Waals surface area contributed by atoms with Gasteiger partial charge in [-0.15, -0.1) is 0 Å². The lowest BCUT2D eigenvalue weighted by atomic mass is 10.1. The molecule has 0 heterocycles. The Hall–Kier alpha value is -3.31. The standard InChI is InChI=1S/C23H21ClN2O3/c1-2-13-29-21-12-4-3-11-20(21)23(28)26-18-9-5-7-16(14-18)22(27)25-19-10-6-8-17(24)15-19/h3-12,14-15H,2,13H2,1H3,(H,25,27)(H,26,28). The monoisotopic (exact) mass is 408 g/mol. The number of amides is 2. The minimum absolute atomic E-state index is 0.296. The third kappa shape index (κ3) is 5.59. The molecule has 29 heavy (non-hydrogen) atoms. The predicted octanol–water partition coefficient (Wildman–Crippen LogP) is 5.63. The first-order chi connectivity index (χ1) is 14.1. The van der Waals surface area contributed by atoms with E-state index in [1.54, 1.807) is 66.7 Å². The van der Waals surface area contributed by atoms with Crippen molar-refractivity contribution in [2.45, 2.75) is 13.3 Å². The minimum atomic E-state index is -0.302. The highest BCUT2D eigenvalue weighted by atomic mass is 35.5. The summed E-state index contributed by atoms with van der Waals surface area (Å²) >= 11 is 5.95. The van der Waals surface area contributed by atoms with E-state index in [9.17, 15) is 9.59 Å². The first-order valence-electron chi connectivity index (χ1n) is 9.27. The number of benzene rings is 3. The van der Waals surface area contributed by atoms with Crippen LogP contribution in [0.1, 0.15) is 34.1 Å². The number of ether oxygens (including phenoxy) is 1. The minimum Gasteiger partial charge on any atom is -0.493 e. The molecule has 148 valence electrons. The van der Waals surface area contributed by atoms with E-state index in [1.165, 1.54) is 0 Å². The van der Waals surface area contributed by atoms with Crippen molar-refractivity contribution in [2.75, 3.05) is 17.2 Å². The summed E-state index contributed by atoms with van der Waals surface area (Å²) in [5.41, 5.74) is 1.96. The summed E-state index contributed by atoms with van der Waals surface area (Å²) in [5.74, 6) is -0.0687. The summed E-state index contributed by atoms with van der Waals surface area (Å²) in [7, 11) is 0. The summed E-state index contributed by atoms with van der Waals surface area (Å²) in [4.78, 5) is 25.2. The number of para-hydroxylation sites is 1. The van der Waals surface area contributed by atoms with Gasteiger partial charge < -0.3 is 15.4 Å². The molecule has 3 rings (SSSR count). The summed E-state index contributed by atoms with van der Waals surface area (Å²) in [6.07, 6.45) is 0.847. The molecule has 5 nitrogen and oxygen atoms in total. The van der Waals surface area contributed by atoms with Gasteiger partial charge >= 0.3 is 0 Å². The predicted molar refractivity (Wildman–Crippen MR) is 116 cm³/mol. The molecule has 2 N–H and O–H groups in total. The molecule has 6 heteroatoms. The number of hydrogen-bond donors (Lipinski definition) is 2. The van der Waals surface area contributed by atoms with Gasteiger partial charge in [0.1, 0.15) is 5.75 Å². The van der Waals surface area contributed by atoms with E-state index < -0.39 is 0 Å². The molecule has 0 atom stereocenters. The van der Waals surface area contributed by atoms with Crippen LogP contribution in [0.2, 0.25) is 5.02 Å². The molecule has 0 saturated heterocycles. The Bertz CT molecular complexity index is 1020. The van der Waals surface area contributed by atoms with Crippen LogP contribution in [-0.2, 0) is 0 Å². The van der Waals surface area contributed by atoms with Crippen molar-refractivity contribution in [1.82, 2.24) is 0 Å². The van der Waals surface area contributed by atoms with Crippen molar-refractivity contribution >= 4 is 34.8 Å². The maximum absolute atomic E-state index is 12.7. The van der Waals surface area contributed by atoms with Crippen LogP contribution in [0.5, 0.6) is 5.75 Å². The molecule has 0 aromatic heterocycles. The molecule has 0 unspecified atom stereocenters. The van der Waals surface area contributed by atoms with Crippen molar-refractivity contribution in [2.24, 2.45) is 0 Å². The average molecular weight is 409 g/mol. The first-order valence-corrected chi connectivity index (χ1v) is 9.65. The SMILES string of the molecule is CCCOc1ccccc1C(=O)Nc1cccc(C(=O)Nc2cccc(Cl)c2)c1. The maximum atomic E-state index is 12.7. The van der Waals surface area contributed by atoms with Gasteiger partial charge in [-0.3, -0.25) is 9.59 Å². The van der Waals surface area contributed by atoms with Crippen LogP contribution in [0, 0.1) is 0 Å². The Morgan fingerprint density at radius 2 is 1.55 bits per heavy atom. The van der Waals surface area contributed by atoms with Gasteiger partial charge in [0.2, 0.25) is 0 Å². The van der Waals surface area contributed by atoms with E-state index in [0.717, 1.165) is 6.42 Å². The van der Waals surface area contributed by atoms with Crippen molar-refractivity contribution in [3.63, 3.8) is 0 Å². The number of halogens is 1. The second kappa shape index (κ2) is 9.75. The van der Waals surface area contributed by atoms with Crippen LogP contribution in [-0.4, -0.2) is 18.4 Å². The van der Waals surface area contributed by atoms with E-state index in [-0.39, 0.29) is 11.8 Å². The van der Waals surface area contributed by atoms with Gasteiger partial charge in [-0.1, -0.05) is 42.8 Å². The molecule has 3 aromatic rings. The topological polar surface area (TPSA) is 67.4 Å². The van der Waals surface area contributed by atoms with E-state index >= 15 is 0 Å². The van der Waals surface area contributed by atoms with Crippen molar-refractivity contribution in [3.8, 4) is 5.75 Å². The zero-order chi connectivity index (χ0) is 20.6. The molecular formula is C23H21ClN2O3. The van der Waals surface area contributed by atoms with Crippen LogP contribution < -0.4 is 15.4 Å². The van der Waals surface area contributed by atoms with Gasteiger partial charge in [0.15, 0.2) is 0 Å². The van der Waals surface area contributed by atoms with Crippen LogP contribution in [0.15, 0.2) is 72.8 Å². The molecule has 0 radical (unpaired) electrons. The van der Waals surface area contributed by atoms with Gasteiger partial charge in [-0.2, -0.15) is 0 Å². The molecule has 0 aliphatic heterocycles. The lowest BCUT2D eigenvalue weighted by molar-refractivity contribution is 0.101. The zero-order valence-electron chi connectivity index (χ0n) is 15.9. The molecule has 0 bridgehead atoms. The lowest BCUT2D eigenvalue weighted by Crippen LogP contribution is -2.15. The van der Waals surface area contributed by atoms with Crippen molar-refractivity contribution < 1.29 is 14.3 Å². The summed E-state index contributed by atoms with van der Waals surface area (Å²) < 4.78 is 5.65. The number of carbonyl (C=O) groups excluding carboxylic acids is 2. The molecule has 0 aliphatic rings. The fourth-order valence-electron chi connectivity index (χ4n) is 2.70. The molecule has 3 aromatic carbocycles. The number of rotatable bonds is 7. The highest BCUT2D eigenvalue weighted by Gasteiger charge is 2.13. The summed E-state index contributed by atoms with van der Waals surface area (Å²) in [6, 6.07) is 20.7. The van der Waals surface area contributed by atoms with Crippen LogP contribution in [0.25, 0.3) is 0 Å². The highest BCUT2D eigenvalue weighted by Crippen LogP contribution is 2.21. The molecular weight excluding hydrogens is 388 g/mol. The van der Waals surface area contributed by atoms with E-state index in [0.29, 0.717) is 39.9 Å². The molecule has 0 spiro atoms. The van der Waals surface area contributed by atoms with Crippen molar-refractivity contribution in [3.05, 3.63) is 88.9 Å². The fraction of sp³-hybridized carbons (Fsp3) is 0.130. The third-order valence-electron chi connectivity index (χ3n) is 4.06. The quantitative estimate of drug-likeness (QED) is 0.532. The van der Waals surface area contributed by atoms with Gasteiger partial charge in [0, 0.05) is 22.0 Å². The molecule has 2 amide bonds. The Labute approximate surface area is 174 Å². The average Bonchev–Trinajstić information content (AvgIpc) is 2.72. The third-order valence-corrected chi connectivity index (χ3v) is 4.29. The Morgan fingerprint density at radius 3 is 2.31 bits per heavy atom. The number of nitrogens with one attached hydrogen (secondary N) is 2. The van der Waals surface area contributed by atoms with Gasteiger partial charge in [-0.25, -0.2) is 0 Å². The number of anilines is 2. The molecule has 0 fully saturated rings. The zero-order valence-corrected chi connectivity index (χ0v) is 16.7. The Morgan fingerprint density at radius 1 is 0.862 bits per heavy atom. The van der Waals surface area contributed by atoms with E-state index in [4.69, 9.17) is 16.3 Å². The number of hydrogen-bond acceptors (Lipinski definition) is 3. The van der Waals surface area contributed by atoms with E-state index in [1.807, 2.05) is 13.0 Å². The maximum Gasteiger partial charge on any atom is 0.259 e. The van der Waals surface area contributed by atoms with Crippen LogP contribution >= 0.6 is 11.6 Å². The van der Waals surface area contributed by atoms with Gasteiger partial charge in [-0.05, 0) is 55.0 Å². The smallest absolute Gasteiger partial charge is 0.259 e. The lowest BCUT2D eigenvalue weighted by Gasteiger charge is -2.12. The van der Waals surface area contributed by atoms with Crippen LogP contribution in [0.4, 0.5) is 11.4 Å². The second-order valence-corrected chi connectivity index (χ2v) is 6.78.